The largest absolute Gasteiger partial charge is 0.243 e. The summed E-state index contributed by atoms with van der Waals surface area (Å²) in [6.07, 6.45) is 5.34. The van der Waals surface area contributed by atoms with Gasteiger partial charge in [0.25, 0.3) is 0 Å². The standard InChI is InChI=1S/C13H17F2NO2S/c14-11-6-7-12(15)13(8-11)19(17,18)16-9-10-4-2-1-3-5-10/h6-8,10,16H,1-5,9H2. The fourth-order valence-corrected chi connectivity index (χ4v) is 3.58. The van der Waals surface area contributed by atoms with Crippen LogP contribution in [0.5, 0.6) is 0 Å². The molecule has 2 rings (SSSR count). The first kappa shape index (κ1) is 14.4. The SMILES string of the molecule is O=S(=O)(NCC1CCCCC1)c1cc(F)ccc1F. The average molecular weight is 289 g/mol. The van der Waals surface area contributed by atoms with E-state index in [1.54, 1.807) is 0 Å². The van der Waals surface area contributed by atoms with Crippen LogP contribution in [0.25, 0.3) is 0 Å². The summed E-state index contributed by atoms with van der Waals surface area (Å²) in [5, 5.41) is 0. The first-order chi connectivity index (χ1) is 8.99. The van der Waals surface area contributed by atoms with E-state index in [0.717, 1.165) is 37.8 Å². The van der Waals surface area contributed by atoms with Gasteiger partial charge in [-0.3, -0.25) is 0 Å². The van der Waals surface area contributed by atoms with Crippen molar-refractivity contribution in [1.29, 1.82) is 0 Å². The van der Waals surface area contributed by atoms with E-state index < -0.39 is 26.6 Å². The number of benzene rings is 1. The Bertz CT molecular complexity index is 540. The monoisotopic (exact) mass is 289 g/mol. The van der Waals surface area contributed by atoms with Crippen LogP contribution in [0.2, 0.25) is 0 Å². The van der Waals surface area contributed by atoms with Crippen LogP contribution < -0.4 is 4.72 Å². The first-order valence-electron chi connectivity index (χ1n) is 6.44. The molecule has 1 aliphatic carbocycles. The second-order valence-electron chi connectivity index (χ2n) is 4.93. The van der Waals surface area contributed by atoms with Gasteiger partial charge in [0.05, 0.1) is 0 Å². The highest BCUT2D eigenvalue weighted by Crippen LogP contribution is 2.23. The quantitative estimate of drug-likeness (QED) is 0.926. The number of nitrogens with one attached hydrogen (secondary N) is 1. The summed E-state index contributed by atoms with van der Waals surface area (Å²) in [7, 11) is -3.98. The lowest BCUT2D eigenvalue weighted by atomic mass is 9.90. The topological polar surface area (TPSA) is 46.2 Å². The summed E-state index contributed by atoms with van der Waals surface area (Å²) in [4.78, 5) is -0.622. The van der Waals surface area contributed by atoms with Crippen molar-refractivity contribution in [2.45, 2.75) is 37.0 Å². The van der Waals surface area contributed by atoms with Gasteiger partial charge in [-0.15, -0.1) is 0 Å². The maximum absolute atomic E-state index is 13.4. The zero-order chi connectivity index (χ0) is 13.9. The zero-order valence-corrected chi connectivity index (χ0v) is 11.3. The third kappa shape index (κ3) is 3.73. The van der Waals surface area contributed by atoms with Crippen molar-refractivity contribution in [1.82, 2.24) is 4.72 Å². The molecule has 1 N–H and O–H groups in total. The van der Waals surface area contributed by atoms with Crippen LogP contribution in [0, 0.1) is 17.6 Å². The Morgan fingerprint density at radius 1 is 1.16 bits per heavy atom. The van der Waals surface area contributed by atoms with E-state index in [1.165, 1.54) is 6.42 Å². The lowest BCUT2D eigenvalue weighted by Crippen LogP contribution is -2.31. The predicted molar refractivity (Wildman–Crippen MR) is 68.1 cm³/mol. The summed E-state index contributed by atoms with van der Waals surface area (Å²) in [5.41, 5.74) is 0. The van der Waals surface area contributed by atoms with E-state index in [9.17, 15) is 17.2 Å². The van der Waals surface area contributed by atoms with Crippen LogP contribution in [0.15, 0.2) is 23.1 Å². The highest BCUT2D eigenvalue weighted by molar-refractivity contribution is 7.89. The molecule has 19 heavy (non-hydrogen) atoms. The second kappa shape index (κ2) is 5.96. The van der Waals surface area contributed by atoms with Gasteiger partial charge in [-0.1, -0.05) is 19.3 Å². The lowest BCUT2D eigenvalue weighted by Gasteiger charge is -2.21. The van der Waals surface area contributed by atoms with Gasteiger partial charge in [0, 0.05) is 6.54 Å². The molecule has 0 heterocycles. The molecule has 1 saturated carbocycles. The van der Waals surface area contributed by atoms with E-state index in [-0.39, 0.29) is 6.54 Å². The van der Waals surface area contributed by atoms with Crippen molar-refractivity contribution >= 4 is 10.0 Å². The number of hydrogen-bond acceptors (Lipinski definition) is 2. The fraction of sp³-hybridized carbons (Fsp3) is 0.538. The van der Waals surface area contributed by atoms with E-state index in [0.29, 0.717) is 12.0 Å². The first-order valence-corrected chi connectivity index (χ1v) is 7.92. The van der Waals surface area contributed by atoms with Crippen molar-refractivity contribution in [2.24, 2.45) is 5.92 Å². The van der Waals surface area contributed by atoms with Crippen LogP contribution >= 0.6 is 0 Å². The van der Waals surface area contributed by atoms with Gasteiger partial charge in [0.15, 0.2) is 0 Å². The van der Waals surface area contributed by atoms with Gasteiger partial charge in [-0.25, -0.2) is 21.9 Å². The average Bonchev–Trinajstić information content (AvgIpc) is 2.40. The highest BCUT2D eigenvalue weighted by atomic mass is 32.2. The molecular weight excluding hydrogens is 272 g/mol. The Morgan fingerprint density at radius 2 is 1.84 bits per heavy atom. The lowest BCUT2D eigenvalue weighted by molar-refractivity contribution is 0.357. The van der Waals surface area contributed by atoms with Crippen molar-refractivity contribution < 1.29 is 17.2 Å². The minimum atomic E-state index is -3.98. The molecule has 6 heteroatoms. The van der Waals surface area contributed by atoms with Crippen LogP contribution in [0.1, 0.15) is 32.1 Å². The molecule has 1 aliphatic rings. The fourth-order valence-electron chi connectivity index (χ4n) is 2.38. The molecule has 0 aliphatic heterocycles. The molecular formula is C13H17F2NO2S. The zero-order valence-electron chi connectivity index (χ0n) is 10.5. The molecule has 3 nitrogen and oxygen atoms in total. The van der Waals surface area contributed by atoms with Gasteiger partial charge in [-0.05, 0) is 37.0 Å². The van der Waals surface area contributed by atoms with Gasteiger partial charge in [-0.2, -0.15) is 0 Å². The third-order valence-electron chi connectivity index (χ3n) is 3.47. The van der Waals surface area contributed by atoms with Crippen molar-refractivity contribution in [3.05, 3.63) is 29.8 Å². The summed E-state index contributed by atoms with van der Waals surface area (Å²) in [6.45, 7) is 0.290. The molecule has 0 radical (unpaired) electrons. The van der Waals surface area contributed by atoms with E-state index in [1.807, 2.05) is 0 Å². The molecule has 1 aromatic rings. The molecule has 0 amide bonds. The molecule has 0 aromatic heterocycles. The maximum Gasteiger partial charge on any atom is 0.243 e. The van der Waals surface area contributed by atoms with Crippen LogP contribution in [-0.4, -0.2) is 15.0 Å². The molecule has 106 valence electrons. The van der Waals surface area contributed by atoms with Gasteiger partial charge in [0.2, 0.25) is 10.0 Å². The predicted octanol–water partition coefficient (Wildman–Crippen LogP) is 2.82. The molecule has 0 spiro atoms. The van der Waals surface area contributed by atoms with Crippen LogP contribution in [0.3, 0.4) is 0 Å². The summed E-state index contributed by atoms with van der Waals surface area (Å²) < 4.78 is 52.7. The number of hydrogen-bond donors (Lipinski definition) is 1. The molecule has 0 unspecified atom stereocenters. The smallest absolute Gasteiger partial charge is 0.211 e. The second-order valence-corrected chi connectivity index (χ2v) is 6.67. The van der Waals surface area contributed by atoms with Crippen LogP contribution in [-0.2, 0) is 10.0 Å². The minimum Gasteiger partial charge on any atom is -0.211 e. The van der Waals surface area contributed by atoms with Gasteiger partial charge in [0.1, 0.15) is 16.5 Å². The molecule has 0 saturated heterocycles. The number of rotatable bonds is 4. The molecule has 0 atom stereocenters. The van der Waals surface area contributed by atoms with Crippen molar-refractivity contribution in [3.8, 4) is 0 Å². The Kier molecular flexibility index (Phi) is 4.52. The van der Waals surface area contributed by atoms with Crippen molar-refractivity contribution in [2.75, 3.05) is 6.54 Å². The molecule has 0 bridgehead atoms. The summed E-state index contributed by atoms with van der Waals surface area (Å²) >= 11 is 0. The summed E-state index contributed by atoms with van der Waals surface area (Å²) in [6, 6.07) is 2.43. The van der Waals surface area contributed by atoms with Crippen molar-refractivity contribution in [3.63, 3.8) is 0 Å². The minimum absolute atomic E-state index is 0.290. The summed E-state index contributed by atoms with van der Waals surface area (Å²) in [5.74, 6) is -1.41. The Morgan fingerprint density at radius 3 is 2.53 bits per heavy atom. The number of halogens is 2. The Labute approximate surface area is 112 Å². The highest BCUT2D eigenvalue weighted by Gasteiger charge is 2.22. The maximum atomic E-state index is 13.4. The molecule has 1 aromatic carbocycles. The van der Waals surface area contributed by atoms with Gasteiger partial charge < -0.3 is 0 Å². The van der Waals surface area contributed by atoms with Gasteiger partial charge >= 0.3 is 0 Å². The van der Waals surface area contributed by atoms with Crippen LogP contribution in [0.4, 0.5) is 8.78 Å². The normalized spacial score (nSPS) is 17.6. The van der Waals surface area contributed by atoms with E-state index >= 15 is 0 Å². The molecule has 1 fully saturated rings. The van der Waals surface area contributed by atoms with E-state index in [2.05, 4.69) is 4.72 Å². The van der Waals surface area contributed by atoms with E-state index in [4.69, 9.17) is 0 Å². The Balaban J connectivity index is 2.07. The number of sulfonamides is 1. The Hall–Kier alpha value is -1.01. The third-order valence-corrected chi connectivity index (χ3v) is 4.91.